The lowest BCUT2D eigenvalue weighted by molar-refractivity contribution is -0.153. The Labute approximate surface area is 90.7 Å². The van der Waals surface area contributed by atoms with Gasteiger partial charge in [-0.3, -0.25) is 19.2 Å². The fourth-order valence-corrected chi connectivity index (χ4v) is 1.43. The normalized spacial score (nSPS) is 10.8. The van der Waals surface area contributed by atoms with Gasteiger partial charge in [0.15, 0.2) is 0 Å². The van der Waals surface area contributed by atoms with Crippen LogP contribution < -0.4 is 0 Å². The lowest BCUT2D eigenvalue weighted by atomic mass is 9.75. The first-order valence-electron chi connectivity index (χ1n) is 4.36. The van der Waals surface area contributed by atoms with Crippen molar-refractivity contribution in [1.29, 1.82) is 0 Å². The van der Waals surface area contributed by atoms with E-state index in [-0.39, 0.29) is 0 Å². The molecule has 0 aromatic heterocycles. The van der Waals surface area contributed by atoms with Crippen LogP contribution in [0.25, 0.3) is 0 Å². The number of ketones is 1. The molecule has 0 aliphatic heterocycles. The number of Topliss-reactive ketones (excluding diaryl/α,β-unsaturated/α-hetero) is 1. The van der Waals surface area contributed by atoms with Crippen LogP contribution in [0.4, 0.5) is 0 Å². The van der Waals surface area contributed by atoms with E-state index in [1.807, 2.05) is 0 Å². The van der Waals surface area contributed by atoms with Gasteiger partial charge in [0.2, 0.25) is 0 Å². The summed E-state index contributed by atoms with van der Waals surface area (Å²) < 4.78 is 0. The largest absolute Gasteiger partial charge is 0.481 e. The molecule has 0 saturated carbocycles. The standard InChI is InChI=1S/C9H12O7/c1-5(10)9(2-6(11)12,3-7(13)14)4-8(15)16/h2-4H2,1H3,(H,11,12)(H,13,14)(H,15,16). The van der Waals surface area contributed by atoms with E-state index in [4.69, 9.17) is 15.3 Å². The highest BCUT2D eigenvalue weighted by Crippen LogP contribution is 2.32. The molecule has 0 spiro atoms. The van der Waals surface area contributed by atoms with Crippen LogP contribution in [0, 0.1) is 5.41 Å². The quantitative estimate of drug-likeness (QED) is 0.562. The summed E-state index contributed by atoms with van der Waals surface area (Å²) in [6, 6.07) is 0. The van der Waals surface area contributed by atoms with Gasteiger partial charge in [-0.1, -0.05) is 0 Å². The number of carbonyl (C=O) groups excluding carboxylic acids is 1. The molecule has 0 fully saturated rings. The van der Waals surface area contributed by atoms with Crippen molar-refractivity contribution in [3.05, 3.63) is 0 Å². The van der Waals surface area contributed by atoms with Crippen LogP contribution in [0.3, 0.4) is 0 Å². The lowest BCUT2D eigenvalue weighted by Crippen LogP contribution is -2.36. The predicted molar refractivity (Wildman–Crippen MR) is 49.9 cm³/mol. The molecule has 0 unspecified atom stereocenters. The van der Waals surface area contributed by atoms with Gasteiger partial charge in [-0.15, -0.1) is 0 Å². The predicted octanol–water partition coefficient (Wildman–Crippen LogP) is -0.0141. The van der Waals surface area contributed by atoms with Crippen LogP contribution in [-0.4, -0.2) is 39.0 Å². The van der Waals surface area contributed by atoms with Crippen LogP contribution in [0.5, 0.6) is 0 Å². The fourth-order valence-electron chi connectivity index (χ4n) is 1.43. The van der Waals surface area contributed by atoms with Gasteiger partial charge in [-0.2, -0.15) is 0 Å². The third kappa shape index (κ3) is 4.07. The molecule has 0 aliphatic rings. The maximum atomic E-state index is 11.3. The zero-order valence-corrected chi connectivity index (χ0v) is 8.60. The SMILES string of the molecule is CC(=O)C(CC(=O)O)(CC(=O)O)CC(=O)O. The minimum absolute atomic E-state index is 0.750. The Morgan fingerprint density at radius 3 is 1.19 bits per heavy atom. The van der Waals surface area contributed by atoms with Gasteiger partial charge in [0.1, 0.15) is 5.78 Å². The topological polar surface area (TPSA) is 129 Å². The summed E-state index contributed by atoms with van der Waals surface area (Å²) in [7, 11) is 0. The molecule has 90 valence electrons. The Bertz CT molecular complexity index is 290. The molecule has 7 heteroatoms. The number of hydrogen-bond donors (Lipinski definition) is 3. The van der Waals surface area contributed by atoms with Crippen molar-refractivity contribution >= 4 is 23.7 Å². The summed E-state index contributed by atoms with van der Waals surface area (Å²) >= 11 is 0. The molecule has 0 aromatic carbocycles. The zero-order valence-electron chi connectivity index (χ0n) is 8.60. The molecule has 0 aliphatic carbocycles. The van der Waals surface area contributed by atoms with Crippen molar-refractivity contribution in [1.82, 2.24) is 0 Å². The van der Waals surface area contributed by atoms with Crippen LogP contribution in [0.15, 0.2) is 0 Å². The maximum Gasteiger partial charge on any atom is 0.304 e. The van der Waals surface area contributed by atoms with Crippen molar-refractivity contribution in [3.63, 3.8) is 0 Å². The van der Waals surface area contributed by atoms with E-state index in [0.717, 1.165) is 6.92 Å². The Kier molecular flexibility index (Phi) is 4.61. The van der Waals surface area contributed by atoms with E-state index in [1.165, 1.54) is 0 Å². The highest BCUT2D eigenvalue weighted by molar-refractivity contribution is 5.93. The van der Waals surface area contributed by atoms with E-state index >= 15 is 0 Å². The monoisotopic (exact) mass is 232 g/mol. The smallest absolute Gasteiger partial charge is 0.304 e. The number of hydrogen-bond acceptors (Lipinski definition) is 4. The molecule has 0 aromatic rings. The van der Waals surface area contributed by atoms with Gasteiger partial charge in [-0.25, -0.2) is 0 Å². The number of carboxylic acids is 3. The lowest BCUT2D eigenvalue weighted by Gasteiger charge is -2.25. The summed E-state index contributed by atoms with van der Waals surface area (Å²) in [5.41, 5.74) is -1.87. The summed E-state index contributed by atoms with van der Waals surface area (Å²) in [5, 5.41) is 25.8. The third-order valence-corrected chi connectivity index (χ3v) is 2.22. The minimum atomic E-state index is -1.87. The molecule has 7 nitrogen and oxygen atoms in total. The molecule has 0 bridgehead atoms. The van der Waals surface area contributed by atoms with Gasteiger partial charge in [0.25, 0.3) is 0 Å². The van der Waals surface area contributed by atoms with E-state index in [2.05, 4.69) is 0 Å². The van der Waals surface area contributed by atoms with Crippen LogP contribution in [0.2, 0.25) is 0 Å². The van der Waals surface area contributed by atoms with Crippen LogP contribution >= 0.6 is 0 Å². The Balaban J connectivity index is 5.19. The molecule has 16 heavy (non-hydrogen) atoms. The summed E-state index contributed by atoms with van der Waals surface area (Å²) in [6.45, 7) is 0.995. The molecule has 0 heterocycles. The summed E-state index contributed by atoms with van der Waals surface area (Å²) in [4.78, 5) is 42.9. The van der Waals surface area contributed by atoms with Crippen LogP contribution in [-0.2, 0) is 19.2 Å². The molecule has 0 radical (unpaired) electrons. The molecule has 0 amide bonds. The maximum absolute atomic E-state index is 11.3. The molecule has 0 saturated heterocycles. The Hall–Kier alpha value is -1.92. The average Bonchev–Trinajstić information content (AvgIpc) is 1.98. The second-order valence-electron chi connectivity index (χ2n) is 3.55. The van der Waals surface area contributed by atoms with Gasteiger partial charge in [0, 0.05) is 0 Å². The average molecular weight is 232 g/mol. The molecular weight excluding hydrogens is 220 g/mol. The fraction of sp³-hybridized carbons (Fsp3) is 0.556. The van der Waals surface area contributed by atoms with Gasteiger partial charge in [-0.05, 0) is 6.92 Å². The van der Waals surface area contributed by atoms with Crippen molar-refractivity contribution in [2.45, 2.75) is 26.2 Å². The number of rotatable bonds is 7. The third-order valence-electron chi connectivity index (χ3n) is 2.22. The number of carbonyl (C=O) groups is 4. The summed E-state index contributed by atoms with van der Waals surface area (Å²) in [6.07, 6.45) is -2.41. The Morgan fingerprint density at radius 2 is 1.06 bits per heavy atom. The van der Waals surface area contributed by atoms with Crippen molar-refractivity contribution in [2.24, 2.45) is 5.41 Å². The zero-order chi connectivity index (χ0) is 12.9. The summed E-state index contributed by atoms with van der Waals surface area (Å²) in [5.74, 6) is -4.96. The second-order valence-corrected chi connectivity index (χ2v) is 3.55. The van der Waals surface area contributed by atoms with Crippen molar-refractivity contribution in [3.8, 4) is 0 Å². The highest BCUT2D eigenvalue weighted by Gasteiger charge is 2.42. The van der Waals surface area contributed by atoms with E-state index < -0.39 is 48.4 Å². The van der Waals surface area contributed by atoms with Crippen LogP contribution in [0.1, 0.15) is 26.2 Å². The van der Waals surface area contributed by atoms with Gasteiger partial charge in [0.05, 0.1) is 24.7 Å². The second kappa shape index (κ2) is 5.24. The first kappa shape index (κ1) is 14.1. The van der Waals surface area contributed by atoms with Crippen molar-refractivity contribution in [2.75, 3.05) is 0 Å². The first-order valence-corrected chi connectivity index (χ1v) is 4.36. The molecule has 3 N–H and O–H groups in total. The van der Waals surface area contributed by atoms with E-state index in [0.29, 0.717) is 0 Å². The number of aliphatic carboxylic acids is 3. The van der Waals surface area contributed by atoms with Crippen molar-refractivity contribution < 1.29 is 34.5 Å². The first-order chi connectivity index (χ1) is 7.19. The molecular formula is C9H12O7. The van der Waals surface area contributed by atoms with E-state index in [1.54, 1.807) is 0 Å². The highest BCUT2D eigenvalue weighted by atomic mass is 16.4. The molecule has 0 rings (SSSR count). The molecule has 0 atom stereocenters. The van der Waals surface area contributed by atoms with Gasteiger partial charge < -0.3 is 15.3 Å². The minimum Gasteiger partial charge on any atom is -0.481 e. The number of carboxylic acid groups (broad SMARTS) is 3. The van der Waals surface area contributed by atoms with E-state index in [9.17, 15) is 19.2 Å². The Morgan fingerprint density at radius 1 is 0.812 bits per heavy atom. The van der Waals surface area contributed by atoms with Gasteiger partial charge >= 0.3 is 17.9 Å².